The molecule has 0 fully saturated rings. The van der Waals surface area contributed by atoms with E-state index in [1.54, 1.807) is 12.1 Å². The molecule has 0 bridgehead atoms. The summed E-state index contributed by atoms with van der Waals surface area (Å²) in [7, 11) is 0. The number of urea groups is 1. The van der Waals surface area contributed by atoms with E-state index >= 15 is 0 Å². The quantitative estimate of drug-likeness (QED) is 0.500. The summed E-state index contributed by atoms with van der Waals surface area (Å²) in [5.74, 6) is -0.559. The summed E-state index contributed by atoms with van der Waals surface area (Å²) in [4.78, 5) is 30.0. The van der Waals surface area contributed by atoms with Crippen LogP contribution < -0.4 is 14.8 Å². The minimum atomic E-state index is -0.896. The molecule has 2 amide bonds. The number of benzene rings is 3. The predicted molar refractivity (Wildman–Crippen MR) is 126 cm³/mol. The molecule has 0 aliphatic carbocycles. The maximum Gasteiger partial charge on any atom is 0.341 e. The molecule has 8 heteroatoms. The van der Waals surface area contributed by atoms with Gasteiger partial charge in [-0.15, -0.1) is 0 Å². The van der Waals surface area contributed by atoms with Crippen molar-refractivity contribution < 1.29 is 28.2 Å². The zero-order valence-corrected chi connectivity index (χ0v) is 18.8. The highest BCUT2D eigenvalue weighted by Gasteiger charge is 2.39. The zero-order chi connectivity index (χ0) is 24.2. The van der Waals surface area contributed by atoms with Crippen LogP contribution in [0.1, 0.15) is 29.2 Å². The van der Waals surface area contributed by atoms with Crippen LogP contribution in [-0.4, -0.2) is 24.5 Å². The van der Waals surface area contributed by atoms with E-state index in [-0.39, 0.29) is 13.4 Å². The Bertz CT molecular complexity index is 1280. The molecule has 2 heterocycles. The molecule has 2 atom stereocenters. The number of aliphatic imine (C=N–C) groups is 1. The molecule has 0 saturated carbocycles. The van der Waals surface area contributed by atoms with Crippen molar-refractivity contribution in [1.82, 2.24) is 5.32 Å². The van der Waals surface area contributed by atoms with E-state index in [4.69, 9.17) is 14.2 Å². The van der Waals surface area contributed by atoms with Gasteiger partial charge >= 0.3 is 12.0 Å². The van der Waals surface area contributed by atoms with E-state index < -0.39 is 29.8 Å². The maximum atomic E-state index is 14.0. The summed E-state index contributed by atoms with van der Waals surface area (Å²) in [6.07, 6.45) is 0.852. The molecule has 7 nitrogen and oxygen atoms in total. The van der Waals surface area contributed by atoms with Gasteiger partial charge < -0.3 is 19.5 Å². The second-order valence-corrected chi connectivity index (χ2v) is 8.34. The van der Waals surface area contributed by atoms with E-state index in [1.165, 1.54) is 12.1 Å². The van der Waals surface area contributed by atoms with Gasteiger partial charge in [0.15, 0.2) is 11.5 Å². The Morgan fingerprint density at radius 1 is 0.971 bits per heavy atom. The van der Waals surface area contributed by atoms with E-state index in [9.17, 15) is 14.0 Å². The third-order valence-corrected chi connectivity index (χ3v) is 6.01. The first-order valence-electron chi connectivity index (χ1n) is 11.3. The minimum Gasteiger partial charge on any atom is -0.460 e. The number of rotatable bonds is 7. The summed E-state index contributed by atoms with van der Waals surface area (Å²) in [6, 6.07) is 19.4. The normalized spacial score (nSPS) is 18.5. The third-order valence-electron chi connectivity index (χ3n) is 6.01. The largest absolute Gasteiger partial charge is 0.460 e. The number of hydrogen-bond donors (Lipinski definition) is 1. The van der Waals surface area contributed by atoms with Crippen molar-refractivity contribution in [2.75, 3.05) is 6.79 Å². The van der Waals surface area contributed by atoms with Gasteiger partial charge in [-0.3, -0.25) is 4.79 Å². The van der Waals surface area contributed by atoms with Crippen molar-refractivity contribution in [2.45, 2.75) is 25.5 Å². The molecule has 3 aromatic carbocycles. The van der Waals surface area contributed by atoms with Crippen molar-refractivity contribution in [3.05, 3.63) is 95.3 Å². The number of carbonyl (C=O) groups excluding carboxylic acids is 2. The summed E-state index contributed by atoms with van der Waals surface area (Å²) in [5.41, 5.74) is 2.64. The van der Waals surface area contributed by atoms with Crippen molar-refractivity contribution in [3.63, 3.8) is 0 Å². The van der Waals surface area contributed by atoms with E-state index in [0.29, 0.717) is 35.6 Å². The number of fused-ring (bicyclic) bond motifs is 1. The highest BCUT2D eigenvalue weighted by Crippen LogP contribution is 2.34. The number of esters is 1. The molecule has 0 radical (unpaired) electrons. The number of ether oxygens (including phenoxy) is 3. The SMILES string of the molecule is O=C1N=C(CCc2ccc3c(c2)OCO3)C(C(=O)OCc2ccccc2)C(c2cccc(F)c2)N1. The first-order chi connectivity index (χ1) is 17.1. The fourth-order valence-corrected chi connectivity index (χ4v) is 4.29. The van der Waals surface area contributed by atoms with E-state index in [1.807, 2.05) is 48.5 Å². The maximum absolute atomic E-state index is 14.0. The molecular formula is C27H23FN2O5. The third kappa shape index (κ3) is 5.16. The van der Waals surface area contributed by atoms with Gasteiger partial charge in [-0.25, -0.2) is 14.2 Å². The predicted octanol–water partition coefficient (Wildman–Crippen LogP) is 4.75. The Kier molecular flexibility index (Phi) is 6.43. The van der Waals surface area contributed by atoms with Crippen LogP contribution in [-0.2, 0) is 22.6 Å². The Labute approximate surface area is 201 Å². The lowest BCUT2D eigenvalue weighted by molar-refractivity contribution is -0.148. The molecule has 35 heavy (non-hydrogen) atoms. The first kappa shape index (κ1) is 22.6. The Morgan fingerprint density at radius 2 is 1.80 bits per heavy atom. The Balaban J connectivity index is 1.40. The monoisotopic (exact) mass is 474 g/mol. The molecule has 178 valence electrons. The standard InChI is InChI=1S/C27H23FN2O5/c28-20-8-4-7-19(14-20)25-24(26(31)33-15-18-5-2-1-3-6-18)21(29-27(32)30-25)11-9-17-10-12-22-23(13-17)35-16-34-22/h1-8,10,12-14,24-25H,9,11,15-16H2,(H,30,32). The van der Waals surface area contributed by atoms with Gasteiger partial charge in [0.2, 0.25) is 6.79 Å². The van der Waals surface area contributed by atoms with Crippen LogP contribution in [0.5, 0.6) is 11.5 Å². The zero-order valence-electron chi connectivity index (χ0n) is 18.8. The molecule has 0 saturated heterocycles. The lowest BCUT2D eigenvalue weighted by atomic mass is 9.85. The highest BCUT2D eigenvalue weighted by atomic mass is 19.1. The van der Waals surface area contributed by atoms with Crippen LogP contribution in [0.25, 0.3) is 0 Å². The number of nitrogens with zero attached hydrogens (tertiary/aromatic N) is 1. The van der Waals surface area contributed by atoms with Gasteiger partial charge in [-0.1, -0.05) is 48.5 Å². The Morgan fingerprint density at radius 3 is 2.63 bits per heavy atom. The number of hydrogen-bond acceptors (Lipinski definition) is 5. The van der Waals surface area contributed by atoms with Gasteiger partial charge in [0.1, 0.15) is 18.3 Å². The number of nitrogens with one attached hydrogen (secondary N) is 1. The molecule has 2 aliphatic rings. The smallest absolute Gasteiger partial charge is 0.341 e. The minimum absolute atomic E-state index is 0.0788. The molecule has 5 rings (SSSR count). The van der Waals surface area contributed by atoms with Crippen molar-refractivity contribution >= 4 is 17.7 Å². The number of halogens is 1. The lowest BCUT2D eigenvalue weighted by Gasteiger charge is -2.31. The lowest BCUT2D eigenvalue weighted by Crippen LogP contribution is -2.45. The molecule has 0 aromatic heterocycles. The van der Waals surface area contributed by atoms with Crippen molar-refractivity contribution in [3.8, 4) is 11.5 Å². The van der Waals surface area contributed by atoms with Gasteiger partial charge in [-0.2, -0.15) is 0 Å². The number of carbonyl (C=O) groups is 2. The number of amides is 2. The highest BCUT2D eigenvalue weighted by molar-refractivity contribution is 6.09. The summed E-state index contributed by atoms with van der Waals surface area (Å²) in [6.45, 7) is 0.256. The molecular weight excluding hydrogens is 451 g/mol. The Hall–Kier alpha value is -4.20. The fraction of sp³-hybridized carbons (Fsp3) is 0.222. The second-order valence-electron chi connectivity index (χ2n) is 8.34. The summed E-state index contributed by atoms with van der Waals surface area (Å²) in [5, 5.41) is 2.72. The number of aryl methyl sites for hydroxylation is 1. The van der Waals surface area contributed by atoms with Gasteiger partial charge in [0.25, 0.3) is 0 Å². The first-order valence-corrected chi connectivity index (χ1v) is 11.3. The van der Waals surface area contributed by atoms with E-state index in [2.05, 4.69) is 10.3 Å². The van der Waals surface area contributed by atoms with Crippen LogP contribution in [0, 0.1) is 11.7 Å². The summed E-state index contributed by atoms with van der Waals surface area (Å²) < 4.78 is 30.4. The van der Waals surface area contributed by atoms with E-state index in [0.717, 1.165) is 11.1 Å². The summed E-state index contributed by atoms with van der Waals surface area (Å²) >= 11 is 0. The van der Waals surface area contributed by atoms with Crippen LogP contribution in [0.2, 0.25) is 0 Å². The van der Waals surface area contributed by atoms with Crippen LogP contribution in [0.3, 0.4) is 0 Å². The molecule has 2 aliphatic heterocycles. The topological polar surface area (TPSA) is 86.2 Å². The van der Waals surface area contributed by atoms with Crippen LogP contribution >= 0.6 is 0 Å². The van der Waals surface area contributed by atoms with Gasteiger partial charge in [-0.05, 0) is 53.8 Å². The van der Waals surface area contributed by atoms with Crippen LogP contribution in [0.15, 0.2) is 77.8 Å². The van der Waals surface area contributed by atoms with Gasteiger partial charge in [0.05, 0.1) is 6.04 Å². The molecule has 1 N–H and O–H groups in total. The van der Waals surface area contributed by atoms with Crippen molar-refractivity contribution in [1.29, 1.82) is 0 Å². The molecule has 2 unspecified atom stereocenters. The van der Waals surface area contributed by atoms with Crippen LogP contribution in [0.4, 0.5) is 9.18 Å². The molecule has 0 spiro atoms. The average molecular weight is 474 g/mol. The van der Waals surface area contributed by atoms with Gasteiger partial charge in [0, 0.05) is 5.71 Å². The second kappa shape index (κ2) is 9.97. The average Bonchev–Trinajstić information content (AvgIpc) is 3.34. The molecule has 3 aromatic rings. The van der Waals surface area contributed by atoms with Crippen molar-refractivity contribution in [2.24, 2.45) is 10.9 Å². The fourth-order valence-electron chi connectivity index (χ4n) is 4.29.